The van der Waals surface area contributed by atoms with Gasteiger partial charge in [0, 0.05) is 17.3 Å². The highest BCUT2D eigenvalue weighted by Gasteiger charge is 2.15. The maximum absolute atomic E-state index is 9.57. The molecular weight excluding hydrogens is 344 g/mol. The molecule has 0 aliphatic rings. The highest BCUT2D eigenvalue weighted by atomic mass is 16.5. The molecule has 0 aliphatic carbocycles. The highest BCUT2D eigenvalue weighted by molar-refractivity contribution is 5.53. The number of anilines is 1. The molecule has 0 saturated heterocycles. The zero-order chi connectivity index (χ0) is 19.8. The van der Waals surface area contributed by atoms with Gasteiger partial charge in [-0.3, -0.25) is 4.98 Å². The number of aryl methyl sites for hydroxylation is 1. The van der Waals surface area contributed by atoms with E-state index >= 15 is 0 Å². The average molecular weight is 372 g/mol. The number of hydrogen-bond donors (Lipinski definition) is 2. The summed E-state index contributed by atoms with van der Waals surface area (Å²) in [6.45, 7) is 9.94. The lowest BCUT2D eigenvalue weighted by atomic mass is 10.1. The van der Waals surface area contributed by atoms with Gasteiger partial charge in [0.25, 0.3) is 0 Å². The number of nitrogens with one attached hydrogen (secondary N) is 1. The van der Waals surface area contributed by atoms with Crippen molar-refractivity contribution in [3.8, 4) is 11.5 Å². The number of aromatic nitrogens is 3. The number of hydrogen-bond acceptors (Lipinski definition) is 7. The quantitative estimate of drug-likeness (QED) is 0.661. The Morgan fingerprint density at radius 1 is 1.30 bits per heavy atom. The lowest BCUT2D eigenvalue weighted by molar-refractivity contribution is 0.266. The van der Waals surface area contributed by atoms with Crippen molar-refractivity contribution in [3.05, 3.63) is 41.6 Å². The van der Waals surface area contributed by atoms with Gasteiger partial charge in [-0.05, 0) is 26.3 Å². The summed E-state index contributed by atoms with van der Waals surface area (Å²) in [6, 6.07) is -0.107. The summed E-state index contributed by atoms with van der Waals surface area (Å²) in [6.07, 6.45) is 6.70. The van der Waals surface area contributed by atoms with Crippen LogP contribution in [0.3, 0.4) is 0 Å². The van der Waals surface area contributed by atoms with Gasteiger partial charge in [-0.1, -0.05) is 19.9 Å². The smallest absolute Gasteiger partial charge is 0.180 e. The van der Waals surface area contributed by atoms with Crippen LogP contribution in [0.1, 0.15) is 42.4 Å². The molecule has 2 aromatic heterocycles. The van der Waals surface area contributed by atoms with Crippen LogP contribution in [0.4, 0.5) is 5.82 Å². The van der Waals surface area contributed by atoms with Crippen LogP contribution in [-0.4, -0.2) is 39.8 Å². The predicted molar refractivity (Wildman–Crippen MR) is 106 cm³/mol. The molecule has 2 rings (SSSR count). The van der Waals surface area contributed by atoms with Crippen LogP contribution in [0.2, 0.25) is 0 Å². The number of methoxy groups -OCH3 is 1. The Hall–Kier alpha value is -2.67. The Labute approximate surface area is 160 Å². The average Bonchev–Trinajstić information content (AvgIpc) is 2.68. The van der Waals surface area contributed by atoms with Crippen molar-refractivity contribution in [1.82, 2.24) is 15.0 Å². The van der Waals surface area contributed by atoms with E-state index in [9.17, 15) is 5.11 Å². The molecular formula is C20H28N4O3. The van der Waals surface area contributed by atoms with E-state index < -0.39 is 0 Å². The van der Waals surface area contributed by atoms with Gasteiger partial charge in [-0.25, -0.2) is 9.97 Å². The summed E-state index contributed by atoms with van der Waals surface area (Å²) < 4.78 is 11.4. The zero-order valence-electron chi connectivity index (χ0n) is 16.5. The molecule has 2 heterocycles. The number of ether oxygens (including phenoxy) is 2. The van der Waals surface area contributed by atoms with E-state index in [0.29, 0.717) is 17.4 Å². The van der Waals surface area contributed by atoms with E-state index in [1.807, 2.05) is 13.8 Å². The third-order valence-electron chi connectivity index (χ3n) is 4.27. The first-order chi connectivity index (χ1) is 13.0. The molecule has 0 radical (unpaired) electrons. The molecule has 0 aliphatic heterocycles. The normalized spacial score (nSPS) is 11.7. The third-order valence-corrected chi connectivity index (χ3v) is 4.27. The molecule has 0 spiro atoms. The van der Waals surface area contributed by atoms with E-state index in [1.165, 1.54) is 0 Å². The fourth-order valence-electron chi connectivity index (χ4n) is 2.81. The maximum Gasteiger partial charge on any atom is 0.180 e. The molecule has 0 bridgehead atoms. The summed E-state index contributed by atoms with van der Waals surface area (Å²) in [5, 5.41) is 12.8. The fraction of sp³-hybridized carbons (Fsp3) is 0.450. The second-order valence-electron chi connectivity index (χ2n) is 6.29. The number of rotatable bonds is 10. The van der Waals surface area contributed by atoms with Crippen molar-refractivity contribution in [2.75, 3.05) is 19.0 Å². The van der Waals surface area contributed by atoms with Gasteiger partial charge < -0.3 is 19.9 Å². The van der Waals surface area contributed by atoms with Crippen LogP contribution in [0, 0.1) is 13.8 Å². The van der Waals surface area contributed by atoms with Gasteiger partial charge in [-0.2, -0.15) is 0 Å². The number of aliphatic hydroxyl groups is 1. The van der Waals surface area contributed by atoms with Crippen LogP contribution in [-0.2, 0) is 6.61 Å². The van der Waals surface area contributed by atoms with E-state index in [1.54, 1.807) is 25.6 Å². The molecule has 0 aromatic carbocycles. The molecule has 7 heteroatoms. The van der Waals surface area contributed by atoms with Crippen LogP contribution >= 0.6 is 0 Å². The van der Waals surface area contributed by atoms with E-state index in [0.717, 1.165) is 35.4 Å². The molecule has 2 aromatic rings. The number of pyridine rings is 1. The zero-order valence-corrected chi connectivity index (χ0v) is 16.5. The fourth-order valence-corrected chi connectivity index (χ4v) is 2.81. The molecule has 0 unspecified atom stereocenters. The Balaban J connectivity index is 2.24. The number of nitrogens with zero attached hydrogens (tertiary/aromatic N) is 3. The second kappa shape index (κ2) is 9.87. The Kier molecular flexibility index (Phi) is 7.55. The summed E-state index contributed by atoms with van der Waals surface area (Å²) in [5.41, 5.74) is 2.70. The lowest BCUT2D eigenvalue weighted by Crippen LogP contribution is -2.24. The highest BCUT2D eigenvalue weighted by Crippen LogP contribution is 2.27. The Morgan fingerprint density at radius 2 is 2.07 bits per heavy atom. The molecule has 0 fully saturated rings. The van der Waals surface area contributed by atoms with Crippen LogP contribution in [0.25, 0.3) is 6.08 Å². The van der Waals surface area contributed by atoms with Gasteiger partial charge in [0.15, 0.2) is 17.4 Å². The van der Waals surface area contributed by atoms with Crippen LogP contribution in [0.15, 0.2) is 19.0 Å². The van der Waals surface area contributed by atoms with Crippen molar-refractivity contribution in [1.29, 1.82) is 0 Å². The maximum atomic E-state index is 9.57. The minimum atomic E-state index is -0.107. The van der Waals surface area contributed by atoms with E-state index in [2.05, 4.69) is 33.8 Å². The Bertz CT molecular complexity index is 780. The minimum absolute atomic E-state index is 0.0104. The molecule has 7 nitrogen and oxygen atoms in total. The lowest BCUT2D eigenvalue weighted by Gasteiger charge is -2.19. The van der Waals surface area contributed by atoms with E-state index in [4.69, 9.17) is 9.47 Å². The van der Waals surface area contributed by atoms with Gasteiger partial charge >= 0.3 is 0 Å². The Morgan fingerprint density at radius 3 is 2.70 bits per heavy atom. The summed E-state index contributed by atoms with van der Waals surface area (Å²) in [7, 11) is 1.65. The van der Waals surface area contributed by atoms with Gasteiger partial charge in [0.1, 0.15) is 12.4 Å². The molecule has 0 amide bonds. The van der Waals surface area contributed by atoms with Crippen LogP contribution in [0.5, 0.6) is 11.5 Å². The SMILES string of the molecule is C=Cc1ncc(OCc2ncc(C)c(OC)c2C)c(N[C@H](CO)CCC)n1. The third kappa shape index (κ3) is 5.17. The van der Waals surface area contributed by atoms with Gasteiger partial charge in [-0.15, -0.1) is 0 Å². The summed E-state index contributed by atoms with van der Waals surface area (Å²) >= 11 is 0. The monoisotopic (exact) mass is 372 g/mol. The van der Waals surface area contributed by atoms with Crippen molar-refractivity contribution in [2.24, 2.45) is 0 Å². The summed E-state index contributed by atoms with van der Waals surface area (Å²) in [5.74, 6) is 2.33. The first kappa shape index (κ1) is 20.6. The molecule has 27 heavy (non-hydrogen) atoms. The molecule has 0 saturated carbocycles. The van der Waals surface area contributed by atoms with Crippen molar-refractivity contribution >= 4 is 11.9 Å². The molecule has 2 N–H and O–H groups in total. The topological polar surface area (TPSA) is 89.4 Å². The van der Waals surface area contributed by atoms with Gasteiger partial charge in [0.05, 0.1) is 31.6 Å². The van der Waals surface area contributed by atoms with Crippen molar-refractivity contribution in [2.45, 2.75) is 46.3 Å². The minimum Gasteiger partial charge on any atom is -0.496 e. The first-order valence-electron chi connectivity index (χ1n) is 9.02. The molecule has 1 atom stereocenters. The summed E-state index contributed by atoms with van der Waals surface area (Å²) in [4.78, 5) is 13.1. The number of aliphatic hydroxyl groups excluding tert-OH is 1. The molecule has 146 valence electrons. The van der Waals surface area contributed by atoms with Crippen molar-refractivity contribution in [3.63, 3.8) is 0 Å². The van der Waals surface area contributed by atoms with E-state index in [-0.39, 0.29) is 19.3 Å². The second-order valence-corrected chi connectivity index (χ2v) is 6.29. The van der Waals surface area contributed by atoms with Crippen LogP contribution < -0.4 is 14.8 Å². The first-order valence-corrected chi connectivity index (χ1v) is 9.02. The van der Waals surface area contributed by atoms with Crippen molar-refractivity contribution < 1.29 is 14.6 Å². The van der Waals surface area contributed by atoms with Gasteiger partial charge in [0.2, 0.25) is 0 Å². The largest absolute Gasteiger partial charge is 0.496 e. The predicted octanol–water partition coefficient (Wildman–Crippen LogP) is 3.29. The standard InChI is InChI=1S/C20H28N4O3/c1-6-8-15(11-25)23-20-17(10-22-18(7-2)24-20)27-12-16-14(4)19(26-5)13(3)9-21-16/h7,9-10,15,25H,2,6,8,11-12H2,1,3-5H3,(H,22,23,24)/t15-/m0/s1.